The van der Waals surface area contributed by atoms with E-state index in [2.05, 4.69) is 73.5 Å². The molecular formula is C38H36N8O2S2. The van der Waals surface area contributed by atoms with Crippen molar-refractivity contribution in [1.82, 2.24) is 4.98 Å². The number of hydrogen-bond donors (Lipinski definition) is 0. The van der Waals surface area contributed by atoms with Gasteiger partial charge in [0, 0.05) is 18.8 Å². The lowest BCUT2D eigenvalue weighted by molar-refractivity contribution is 0.0735. The van der Waals surface area contributed by atoms with Gasteiger partial charge in [-0.1, -0.05) is 48.2 Å². The Morgan fingerprint density at radius 2 is 1.24 bits per heavy atom. The van der Waals surface area contributed by atoms with Crippen molar-refractivity contribution in [2.24, 2.45) is 30.7 Å². The number of carbonyl (C=O) groups is 1. The summed E-state index contributed by atoms with van der Waals surface area (Å²) in [6, 6.07) is 31.8. The summed E-state index contributed by atoms with van der Waals surface area (Å²) in [7, 11) is 0. The number of benzene rings is 4. The maximum absolute atomic E-state index is 12.7. The smallest absolute Gasteiger partial charge is 0.343 e. The van der Waals surface area contributed by atoms with Crippen molar-refractivity contribution in [2.45, 2.75) is 40.0 Å². The standard InChI is InChI=1S/C38H36N8O2S2/c1-4-7-8-26-9-13-28(14-10-26)42-44-35-25-34-36(50-35)39-38(49-34)45-43-31-19-23-33(24-20-31)48-37(47)27-11-15-29(16-12-27)40-41-30-17-21-32(22-18-30)46(5-2)6-3/h9-25H,4-8H2,1-3H3. The predicted octanol–water partition coefficient (Wildman–Crippen LogP) is 13.0. The molecule has 2 aromatic heterocycles. The fraction of sp³-hybridized carbons (Fsp3) is 0.211. The number of hydrogen-bond acceptors (Lipinski definition) is 12. The molecule has 0 saturated carbocycles. The third kappa shape index (κ3) is 9.16. The van der Waals surface area contributed by atoms with Gasteiger partial charge in [0.2, 0.25) is 5.13 Å². The number of thiophene rings is 1. The second kappa shape index (κ2) is 16.8. The van der Waals surface area contributed by atoms with Crippen LogP contribution in [-0.2, 0) is 6.42 Å². The van der Waals surface area contributed by atoms with Gasteiger partial charge in [0.25, 0.3) is 0 Å². The van der Waals surface area contributed by atoms with E-state index in [-0.39, 0.29) is 0 Å². The van der Waals surface area contributed by atoms with Crippen molar-refractivity contribution in [3.05, 3.63) is 114 Å². The summed E-state index contributed by atoms with van der Waals surface area (Å²) in [4.78, 5) is 20.4. The van der Waals surface area contributed by atoms with Gasteiger partial charge in [0.1, 0.15) is 15.6 Å². The first-order valence-electron chi connectivity index (χ1n) is 16.5. The molecule has 6 aromatic rings. The first kappa shape index (κ1) is 34.4. The monoisotopic (exact) mass is 700 g/mol. The molecule has 252 valence electrons. The molecule has 12 heteroatoms. The molecule has 4 aromatic carbocycles. The van der Waals surface area contributed by atoms with Gasteiger partial charge < -0.3 is 9.64 Å². The minimum Gasteiger partial charge on any atom is -0.423 e. The van der Waals surface area contributed by atoms with Crippen molar-refractivity contribution in [1.29, 1.82) is 0 Å². The van der Waals surface area contributed by atoms with E-state index < -0.39 is 5.97 Å². The Morgan fingerprint density at radius 1 is 0.680 bits per heavy atom. The highest BCUT2D eigenvalue weighted by atomic mass is 32.1. The maximum atomic E-state index is 12.7. The molecular weight excluding hydrogens is 665 g/mol. The summed E-state index contributed by atoms with van der Waals surface area (Å²) >= 11 is 2.90. The van der Waals surface area contributed by atoms with Crippen LogP contribution in [0.1, 0.15) is 49.5 Å². The number of unbranched alkanes of at least 4 members (excludes halogenated alkanes) is 1. The summed E-state index contributed by atoms with van der Waals surface area (Å²) < 4.78 is 6.53. The van der Waals surface area contributed by atoms with E-state index in [1.807, 2.05) is 42.5 Å². The van der Waals surface area contributed by atoms with Gasteiger partial charge in [-0.15, -0.1) is 20.5 Å². The predicted molar refractivity (Wildman–Crippen MR) is 203 cm³/mol. The van der Waals surface area contributed by atoms with Crippen molar-refractivity contribution >= 4 is 76.7 Å². The minimum atomic E-state index is -0.475. The van der Waals surface area contributed by atoms with E-state index in [4.69, 9.17) is 4.74 Å². The van der Waals surface area contributed by atoms with E-state index in [1.165, 1.54) is 41.1 Å². The fourth-order valence-corrected chi connectivity index (χ4v) is 6.82. The minimum absolute atomic E-state index is 0.398. The van der Waals surface area contributed by atoms with Crippen molar-refractivity contribution < 1.29 is 9.53 Å². The lowest BCUT2D eigenvalue weighted by atomic mass is 10.1. The number of aromatic nitrogens is 1. The summed E-state index contributed by atoms with van der Waals surface area (Å²) in [5, 5.41) is 27.3. The quantitative estimate of drug-likeness (QED) is 0.0638. The highest BCUT2D eigenvalue weighted by Gasteiger charge is 2.10. The van der Waals surface area contributed by atoms with Gasteiger partial charge in [-0.3, -0.25) is 0 Å². The zero-order valence-corrected chi connectivity index (χ0v) is 29.7. The van der Waals surface area contributed by atoms with Crippen LogP contribution in [0.2, 0.25) is 0 Å². The number of thiazole rings is 1. The summed E-state index contributed by atoms with van der Waals surface area (Å²) in [5.41, 5.74) is 5.70. The van der Waals surface area contributed by atoms with Crippen LogP contribution in [-0.4, -0.2) is 24.0 Å². The largest absolute Gasteiger partial charge is 0.423 e. The lowest BCUT2D eigenvalue weighted by Crippen LogP contribution is -2.21. The third-order valence-corrected chi connectivity index (χ3v) is 9.67. The second-order valence-electron chi connectivity index (χ2n) is 11.2. The zero-order chi connectivity index (χ0) is 34.7. The van der Waals surface area contributed by atoms with Crippen molar-refractivity contribution in [3.63, 3.8) is 0 Å². The van der Waals surface area contributed by atoms with Crippen LogP contribution >= 0.6 is 22.7 Å². The van der Waals surface area contributed by atoms with Gasteiger partial charge in [-0.05, 0) is 123 Å². The molecule has 0 aliphatic rings. The number of ether oxygens (including phenoxy) is 1. The van der Waals surface area contributed by atoms with Crippen LogP contribution in [0.3, 0.4) is 0 Å². The molecule has 0 radical (unpaired) electrons. The molecule has 0 atom stereocenters. The molecule has 0 amide bonds. The van der Waals surface area contributed by atoms with Gasteiger partial charge >= 0.3 is 5.97 Å². The number of anilines is 1. The Kier molecular flexibility index (Phi) is 11.5. The average molecular weight is 701 g/mol. The van der Waals surface area contributed by atoms with E-state index in [9.17, 15) is 4.79 Å². The SMILES string of the molecule is CCCCc1ccc(N=Nc2cc3sc(N=Nc4ccc(OC(=O)c5ccc(N=Nc6ccc(N(CC)CC)cc6)cc5)cc4)nc3s2)cc1. The molecule has 10 nitrogen and oxygen atoms in total. The molecule has 0 fully saturated rings. The number of rotatable bonds is 14. The number of azo groups is 3. The Bertz CT molecular complexity index is 2070. The second-order valence-corrected chi connectivity index (χ2v) is 13.3. The van der Waals surface area contributed by atoms with Crippen LogP contribution in [0, 0.1) is 0 Å². The van der Waals surface area contributed by atoms with Crippen LogP contribution in [0.25, 0.3) is 9.53 Å². The van der Waals surface area contributed by atoms with Crippen LogP contribution in [0.4, 0.5) is 38.6 Å². The molecule has 0 aliphatic heterocycles. The first-order chi connectivity index (χ1) is 24.5. The van der Waals surface area contributed by atoms with Crippen LogP contribution in [0.15, 0.2) is 134 Å². The van der Waals surface area contributed by atoms with E-state index in [1.54, 1.807) is 48.5 Å². The molecule has 0 bridgehead atoms. The molecule has 0 unspecified atom stereocenters. The summed E-state index contributed by atoms with van der Waals surface area (Å²) in [6.07, 6.45) is 3.45. The number of fused-ring (bicyclic) bond motifs is 1. The summed E-state index contributed by atoms with van der Waals surface area (Å²) in [6.45, 7) is 8.36. The van der Waals surface area contributed by atoms with Crippen LogP contribution < -0.4 is 9.64 Å². The van der Waals surface area contributed by atoms with Crippen molar-refractivity contribution in [3.8, 4) is 5.75 Å². The zero-order valence-electron chi connectivity index (χ0n) is 28.1. The van der Waals surface area contributed by atoms with Gasteiger partial charge in [0.05, 0.1) is 33.0 Å². The van der Waals surface area contributed by atoms with Crippen LogP contribution in [0.5, 0.6) is 5.75 Å². The Labute approximate surface area is 299 Å². The molecule has 0 aliphatic carbocycles. The first-order valence-corrected chi connectivity index (χ1v) is 18.1. The van der Waals surface area contributed by atoms with E-state index in [0.29, 0.717) is 27.8 Å². The topological polar surface area (TPSA) is 117 Å². The van der Waals surface area contributed by atoms with Gasteiger partial charge in [0.15, 0.2) is 0 Å². The Hall–Kier alpha value is -5.46. The Balaban J connectivity index is 0.992. The highest BCUT2D eigenvalue weighted by Crippen LogP contribution is 2.39. The number of carbonyl (C=O) groups excluding carboxylic acids is 1. The molecule has 0 spiro atoms. The molecule has 0 N–H and O–H groups in total. The highest BCUT2D eigenvalue weighted by molar-refractivity contribution is 7.30. The van der Waals surface area contributed by atoms with Gasteiger partial charge in [-0.25, -0.2) is 9.78 Å². The lowest BCUT2D eigenvalue weighted by Gasteiger charge is -2.20. The number of esters is 1. The summed E-state index contributed by atoms with van der Waals surface area (Å²) in [5.74, 6) is -0.0771. The number of aryl methyl sites for hydroxylation is 1. The molecule has 50 heavy (non-hydrogen) atoms. The molecule has 6 rings (SSSR count). The third-order valence-electron chi connectivity index (χ3n) is 7.74. The normalized spacial score (nSPS) is 11.7. The Morgan fingerprint density at radius 3 is 1.84 bits per heavy atom. The van der Waals surface area contributed by atoms with Gasteiger partial charge in [-0.2, -0.15) is 10.2 Å². The maximum Gasteiger partial charge on any atom is 0.343 e. The number of nitrogens with zero attached hydrogens (tertiary/aromatic N) is 8. The van der Waals surface area contributed by atoms with E-state index in [0.717, 1.165) is 51.1 Å². The van der Waals surface area contributed by atoms with E-state index >= 15 is 0 Å². The molecule has 0 saturated heterocycles. The average Bonchev–Trinajstić information content (AvgIpc) is 3.72. The molecule has 2 heterocycles. The van der Waals surface area contributed by atoms with Crippen molar-refractivity contribution in [2.75, 3.05) is 18.0 Å². The fourth-order valence-electron chi connectivity index (χ4n) is 4.97.